The van der Waals surface area contributed by atoms with Gasteiger partial charge in [-0.2, -0.15) is 0 Å². The van der Waals surface area contributed by atoms with E-state index in [1.54, 1.807) is 11.8 Å². The van der Waals surface area contributed by atoms with E-state index in [9.17, 15) is 14.0 Å². The van der Waals surface area contributed by atoms with Crippen LogP contribution in [0, 0.1) is 18.2 Å². The van der Waals surface area contributed by atoms with Gasteiger partial charge < -0.3 is 15.4 Å². The van der Waals surface area contributed by atoms with Crippen LogP contribution in [0.1, 0.15) is 35.3 Å². The Labute approximate surface area is 162 Å². The predicted molar refractivity (Wildman–Crippen MR) is 100 cm³/mol. The minimum Gasteiger partial charge on any atom is -0.493 e. The van der Waals surface area contributed by atoms with Gasteiger partial charge in [0.2, 0.25) is 5.91 Å². The summed E-state index contributed by atoms with van der Waals surface area (Å²) in [5.41, 5.74) is 5.93. The number of hydrogen-bond donors (Lipinski definition) is 1. The van der Waals surface area contributed by atoms with Crippen LogP contribution >= 0.6 is 0 Å². The van der Waals surface area contributed by atoms with E-state index in [-0.39, 0.29) is 24.8 Å². The molecule has 0 radical (unpaired) electrons. The Morgan fingerprint density at radius 3 is 2.75 bits per heavy atom. The van der Waals surface area contributed by atoms with Gasteiger partial charge in [0.25, 0.3) is 5.91 Å². The minimum atomic E-state index is -0.600. The van der Waals surface area contributed by atoms with Gasteiger partial charge in [0.15, 0.2) is 0 Å². The molecular formula is C20H23FN4O3. The second-order valence-electron chi connectivity index (χ2n) is 7.24. The van der Waals surface area contributed by atoms with E-state index in [2.05, 4.69) is 9.97 Å². The number of aromatic nitrogens is 2. The number of ether oxygens (including phenoxy) is 1. The molecule has 2 heterocycles. The molecule has 0 unspecified atom stereocenters. The molecule has 0 bridgehead atoms. The zero-order valence-electron chi connectivity index (χ0n) is 15.7. The van der Waals surface area contributed by atoms with E-state index < -0.39 is 11.3 Å². The first kappa shape index (κ1) is 19.7. The molecule has 8 heteroatoms. The van der Waals surface area contributed by atoms with Gasteiger partial charge in [-0.1, -0.05) is 0 Å². The first-order chi connectivity index (χ1) is 13.4. The monoisotopic (exact) mass is 386 g/mol. The molecular weight excluding hydrogens is 363 g/mol. The van der Waals surface area contributed by atoms with Crippen LogP contribution in [0.5, 0.6) is 5.75 Å². The smallest absolute Gasteiger partial charge is 0.257 e. The maximum atomic E-state index is 13.1. The number of benzene rings is 1. The highest BCUT2D eigenvalue weighted by Crippen LogP contribution is 2.35. The summed E-state index contributed by atoms with van der Waals surface area (Å²) >= 11 is 0. The predicted octanol–water partition coefficient (Wildman–Crippen LogP) is 2.10. The fraction of sp³-hybridized carbons (Fsp3) is 0.400. The second kappa shape index (κ2) is 8.33. The van der Waals surface area contributed by atoms with Crippen LogP contribution in [0.25, 0.3) is 0 Å². The Morgan fingerprint density at radius 2 is 2.07 bits per heavy atom. The summed E-state index contributed by atoms with van der Waals surface area (Å²) < 4.78 is 18.9. The molecule has 1 aliphatic rings. The quantitative estimate of drug-likeness (QED) is 0.820. The lowest BCUT2D eigenvalue weighted by atomic mass is 9.77. The summed E-state index contributed by atoms with van der Waals surface area (Å²) in [6.45, 7) is 2.87. The van der Waals surface area contributed by atoms with Crippen LogP contribution in [0.2, 0.25) is 0 Å². The fourth-order valence-corrected chi connectivity index (χ4v) is 3.60. The van der Waals surface area contributed by atoms with E-state index in [1.807, 2.05) is 0 Å². The third kappa shape index (κ3) is 4.62. The van der Waals surface area contributed by atoms with E-state index in [0.717, 1.165) is 6.42 Å². The molecule has 1 aromatic carbocycles. The van der Waals surface area contributed by atoms with Gasteiger partial charge in [-0.3, -0.25) is 9.59 Å². The summed E-state index contributed by atoms with van der Waals surface area (Å²) in [6, 6.07) is 5.68. The molecule has 0 aliphatic carbocycles. The lowest BCUT2D eigenvalue weighted by Crippen LogP contribution is -2.50. The minimum absolute atomic E-state index is 0.0995. The summed E-state index contributed by atoms with van der Waals surface area (Å²) in [5.74, 6) is -0.472. The molecule has 1 aliphatic heterocycles. The van der Waals surface area contributed by atoms with E-state index in [0.29, 0.717) is 36.5 Å². The van der Waals surface area contributed by atoms with Gasteiger partial charge in [-0.25, -0.2) is 14.4 Å². The van der Waals surface area contributed by atoms with Gasteiger partial charge in [0.05, 0.1) is 17.9 Å². The number of primary amides is 1. The molecule has 2 aromatic rings. The standard InChI is InChI=1S/C20H23FN4O3/c1-14-17(10-23-13-24-14)19(27)25-8-2-7-20(11-25,9-18(22)26)12-28-16-5-3-15(21)4-6-16/h3-6,10,13H,2,7-9,11-12H2,1H3,(H2,22,26)/t20-/m1/s1. The number of piperidine rings is 1. The second-order valence-corrected chi connectivity index (χ2v) is 7.24. The van der Waals surface area contributed by atoms with Crippen molar-refractivity contribution in [1.82, 2.24) is 14.9 Å². The SMILES string of the molecule is Cc1ncncc1C(=O)N1CCC[C@@](COc2ccc(F)cc2)(CC(N)=O)C1. The number of rotatable bonds is 6. The maximum Gasteiger partial charge on any atom is 0.257 e. The van der Waals surface area contributed by atoms with Crippen molar-refractivity contribution < 1.29 is 18.7 Å². The topological polar surface area (TPSA) is 98.4 Å². The highest BCUT2D eigenvalue weighted by atomic mass is 19.1. The van der Waals surface area contributed by atoms with E-state index >= 15 is 0 Å². The molecule has 2 amide bonds. The first-order valence-electron chi connectivity index (χ1n) is 9.11. The Bertz CT molecular complexity index is 859. The largest absolute Gasteiger partial charge is 0.493 e. The van der Waals surface area contributed by atoms with Crippen molar-refractivity contribution in [2.24, 2.45) is 11.1 Å². The normalized spacial score (nSPS) is 19.3. The summed E-state index contributed by atoms with van der Waals surface area (Å²) in [7, 11) is 0. The number of aryl methyl sites for hydroxylation is 1. The number of carbonyl (C=O) groups is 2. The fourth-order valence-electron chi connectivity index (χ4n) is 3.60. The molecule has 1 fully saturated rings. The van der Waals surface area contributed by atoms with E-state index in [4.69, 9.17) is 10.5 Å². The molecule has 3 rings (SSSR count). The molecule has 7 nitrogen and oxygen atoms in total. The Hall–Kier alpha value is -3.03. The molecule has 148 valence electrons. The van der Waals surface area contributed by atoms with Crippen molar-refractivity contribution in [3.8, 4) is 5.75 Å². The van der Waals surface area contributed by atoms with Gasteiger partial charge in [0.1, 0.15) is 17.9 Å². The molecule has 0 saturated carbocycles. The number of likely N-dealkylation sites (tertiary alicyclic amines) is 1. The van der Waals surface area contributed by atoms with Gasteiger partial charge in [-0.15, -0.1) is 0 Å². The Morgan fingerprint density at radius 1 is 1.32 bits per heavy atom. The van der Waals surface area contributed by atoms with Crippen molar-refractivity contribution in [2.75, 3.05) is 19.7 Å². The van der Waals surface area contributed by atoms with Crippen LogP contribution in [-0.4, -0.2) is 46.4 Å². The average molecular weight is 386 g/mol. The maximum absolute atomic E-state index is 13.1. The van der Waals surface area contributed by atoms with Crippen molar-refractivity contribution in [2.45, 2.75) is 26.2 Å². The lowest BCUT2D eigenvalue weighted by molar-refractivity contribution is -0.122. The molecule has 1 aromatic heterocycles. The summed E-state index contributed by atoms with van der Waals surface area (Å²) in [6.07, 6.45) is 4.42. The number of nitrogens with two attached hydrogens (primary N) is 1. The van der Waals surface area contributed by atoms with Crippen molar-refractivity contribution in [3.05, 3.63) is 53.9 Å². The summed E-state index contributed by atoms with van der Waals surface area (Å²) in [4.78, 5) is 34.4. The molecule has 28 heavy (non-hydrogen) atoms. The molecule has 0 spiro atoms. The molecule has 2 N–H and O–H groups in total. The van der Waals surface area contributed by atoms with Crippen molar-refractivity contribution >= 4 is 11.8 Å². The Balaban J connectivity index is 1.77. The van der Waals surface area contributed by atoms with E-state index in [1.165, 1.54) is 36.8 Å². The zero-order chi connectivity index (χ0) is 20.1. The first-order valence-corrected chi connectivity index (χ1v) is 9.11. The van der Waals surface area contributed by atoms with Crippen LogP contribution in [0.4, 0.5) is 4.39 Å². The zero-order valence-corrected chi connectivity index (χ0v) is 15.7. The lowest BCUT2D eigenvalue weighted by Gasteiger charge is -2.42. The van der Waals surface area contributed by atoms with Gasteiger partial charge in [-0.05, 0) is 44.0 Å². The highest BCUT2D eigenvalue weighted by molar-refractivity contribution is 5.95. The third-order valence-corrected chi connectivity index (χ3v) is 5.00. The number of carbonyl (C=O) groups excluding carboxylic acids is 2. The third-order valence-electron chi connectivity index (χ3n) is 5.00. The van der Waals surface area contributed by atoms with Crippen molar-refractivity contribution in [1.29, 1.82) is 0 Å². The molecule has 1 atom stereocenters. The van der Waals surface area contributed by atoms with Gasteiger partial charge >= 0.3 is 0 Å². The number of hydrogen-bond acceptors (Lipinski definition) is 5. The number of amides is 2. The average Bonchev–Trinajstić information content (AvgIpc) is 2.67. The van der Waals surface area contributed by atoms with Crippen LogP contribution < -0.4 is 10.5 Å². The number of halogens is 1. The summed E-state index contributed by atoms with van der Waals surface area (Å²) in [5, 5.41) is 0. The number of nitrogens with zero attached hydrogens (tertiary/aromatic N) is 3. The molecule has 1 saturated heterocycles. The highest BCUT2D eigenvalue weighted by Gasteiger charge is 2.40. The van der Waals surface area contributed by atoms with Crippen LogP contribution in [0.15, 0.2) is 36.8 Å². The van der Waals surface area contributed by atoms with Gasteiger partial charge in [0, 0.05) is 31.1 Å². The van der Waals surface area contributed by atoms with Crippen molar-refractivity contribution in [3.63, 3.8) is 0 Å². The Kier molecular flexibility index (Phi) is 5.87. The van der Waals surface area contributed by atoms with Crippen LogP contribution in [-0.2, 0) is 4.79 Å². The van der Waals surface area contributed by atoms with Crippen LogP contribution in [0.3, 0.4) is 0 Å².